The van der Waals surface area contributed by atoms with E-state index in [4.69, 9.17) is 0 Å². The number of carbonyl (C=O) groups is 2. The Hall–Kier alpha value is -1.99. The molecule has 1 aliphatic heterocycles. The van der Waals surface area contributed by atoms with Crippen molar-refractivity contribution in [2.24, 2.45) is 7.05 Å². The lowest BCUT2D eigenvalue weighted by Gasteiger charge is -2.47. The van der Waals surface area contributed by atoms with E-state index in [2.05, 4.69) is 20.7 Å². The smallest absolute Gasteiger partial charge is 0.246 e. The Labute approximate surface area is 123 Å². The maximum absolute atomic E-state index is 12.7. The van der Waals surface area contributed by atoms with Crippen LogP contribution in [0.25, 0.3) is 0 Å². The number of rotatable bonds is 5. The van der Waals surface area contributed by atoms with Gasteiger partial charge in [0, 0.05) is 0 Å². The summed E-state index contributed by atoms with van der Waals surface area (Å²) in [6.07, 6.45) is 1.67. The van der Waals surface area contributed by atoms with E-state index in [1.165, 1.54) is 4.80 Å². The molecule has 1 atom stereocenters. The lowest BCUT2D eigenvalue weighted by Crippen LogP contribution is -2.69. The summed E-state index contributed by atoms with van der Waals surface area (Å²) in [5, 5.41) is 14.7. The Bertz CT molecular complexity index is 537. The molecule has 2 amide bonds. The van der Waals surface area contributed by atoms with Crippen LogP contribution >= 0.6 is 0 Å². The molecular formula is C13H22N6O2. The van der Waals surface area contributed by atoms with Crippen LogP contribution in [0.1, 0.15) is 45.9 Å². The van der Waals surface area contributed by atoms with Crippen molar-refractivity contribution >= 4 is 11.8 Å². The topological polar surface area (TPSA) is 93.0 Å². The normalized spacial score (nSPS) is 21.5. The van der Waals surface area contributed by atoms with Crippen LogP contribution < -0.4 is 5.32 Å². The second-order valence-electron chi connectivity index (χ2n) is 5.29. The molecule has 0 radical (unpaired) electrons. The zero-order chi connectivity index (χ0) is 15.6. The molecule has 1 N–H and O–H groups in total. The third-order valence-electron chi connectivity index (χ3n) is 4.24. The van der Waals surface area contributed by atoms with Crippen molar-refractivity contribution in [2.45, 2.75) is 58.2 Å². The van der Waals surface area contributed by atoms with Gasteiger partial charge in [-0.2, -0.15) is 4.80 Å². The van der Waals surface area contributed by atoms with Crippen LogP contribution in [0.3, 0.4) is 0 Å². The van der Waals surface area contributed by atoms with E-state index < -0.39 is 11.6 Å². The van der Waals surface area contributed by atoms with Crippen LogP contribution in [0.5, 0.6) is 0 Å². The van der Waals surface area contributed by atoms with Crippen LogP contribution in [0, 0.1) is 0 Å². The molecule has 0 aliphatic carbocycles. The van der Waals surface area contributed by atoms with Crippen LogP contribution in [0.4, 0.5) is 0 Å². The standard InChI is InChI=1S/C13H22N6O2/c1-5-9-11(20)19(8-10-15-17-18(4)16-10)13(6-2,7-3)12(21)14-9/h9H,5-8H2,1-4H3,(H,14,21). The number of hydrogen-bond donors (Lipinski definition) is 1. The average Bonchev–Trinajstić information content (AvgIpc) is 2.89. The monoisotopic (exact) mass is 294 g/mol. The third-order valence-corrected chi connectivity index (χ3v) is 4.24. The van der Waals surface area contributed by atoms with E-state index in [0.29, 0.717) is 25.1 Å². The number of hydrogen-bond acceptors (Lipinski definition) is 5. The Morgan fingerprint density at radius 2 is 1.90 bits per heavy atom. The number of nitrogens with zero attached hydrogens (tertiary/aromatic N) is 5. The van der Waals surface area contributed by atoms with E-state index in [1.54, 1.807) is 11.9 Å². The number of aromatic nitrogens is 4. The summed E-state index contributed by atoms with van der Waals surface area (Å²) in [5.41, 5.74) is -0.831. The zero-order valence-corrected chi connectivity index (χ0v) is 13.0. The number of tetrazole rings is 1. The SMILES string of the molecule is CCC1NC(=O)C(CC)(CC)N(Cc2nnn(C)n2)C1=O. The first-order valence-electron chi connectivity index (χ1n) is 7.33. The highest BCUT2D eigenvalue weighted by Crippen LogP contribution is 2.30. The molecular weight excluding hydrogens is 272 g/mol. The Kier molecular flexibility index (Phi) is 4.24. The van der Waals surface area contributed by atoms with Crippen LogP contribution in [-0.2, 0) is 23.2 Å². The van der Waals surface area contributed by atoms with Crippen LogP contribution in [0.15, 0.2) is 0 Å². The van der Waals surface area contributed by atoms with Crippen LogP contribution in [-0.4, -0.2) is 48.5 Å². The molecule has 1 unspecified atom stereocenters. The molecule has 1 saturated heterocycles. The number of amides is 2. The molecule has 116 valence electrons. The minimum Gasteiger partial charge on any atom is -0.342 e. The van der Waals surface area contributed by atoms with Crippen molar-refractivity contribution in [2.75, 3.05) is 0 Å². The Morgan fingerprint density at radius 1 is 1.24 bits per heavy atom. The van der Waals surface area contributed by atoms with Gasteiger partial charge in [-0.05, 0) is 24.5 Å². The van der Waals surface area contributed by atoms with Crippen molar-refractivity contribution in [3.05, 3.63) is 5.82 Å². The van der Waals surface area contributed by atoms with E-state index >= 15 is 0 Å². The van der Waals surface area contributed by atoms with Crippen molar-refractivity contribution in [3.63, 3.8) is 0 Å². The van der Waals surface area contributed by atoms with E-state index in [9.17, 15) is 9.59 Å². The lowest BCUT2D eigenvalue weighted by molar-refractivity contribution is -0.159. The molecule has 0 saturated carbocycles. The maximum Gasteiger partial charge on any atom is 0.246 e. The minimum atomic E-state index is -0.831. The minimum absolute atomic E-state index is 0.0757. The quantitative estimate of drug-likeness (QED) is 0.825. The van der Waals surface area contributed by atoms with Gasteiger partial charge in [-0.25, -0.2) is 0 Å². The molecule has 1 fully saturated rings. The van der Waals surface area contributed by atoms with Gasteiger partial charge < -0.3 is 10.2 Å². The van der Waals surface area contributed by atoms with Gasteiger partial charge in [-0.3, -0.25) is 9.59 Å². The van der Waals surface area contributed by atoms with Gasteiger partial charge in [0.25, 0.3) is 0 Å². The fourth-order valence-corrected chi connectivity index (χ4v) is 2.86. The fraction of sp³-hybridized carbons (Fsp3) is 0.769. The highest BCUT2D eigenvalue weighted by molar-refractivity contribution is 5.99. The second-order valence-corrected chi connectivity index (χ2v) is 5.29. The van der Waals surface area contributed by atoms with Gasteiger partial charge in [0.2, 0.25) is 11.8 Å². The van der Waals surface area contributed by atoms with Crippen molar-refractivity contribution < 1.29 is 9.59 Å². The molecule has 1 aromatic heterocycles. The number of nitrogens with one attached hydrogen (secondary N) is 1. The maximum atomic E-state index is 12.7. The van der Waals surface area contributed by atoms with Gasteiger partial charge in [0.05, 0.1) is 13.6 Å². The number of aryl methyl sites for hydroxylation is 1. The average molecular weight is 294 g/mol. The number of carbonyl (C=O) groups excluding carboxylic acids is 2. The van der Waals surface area contributed by atoms with Gasteiger partial charge in [0.15, 0.2) is 5.82 Å². The Balaban J connectivity index is 2.37. The first kappa shape index (κ1) is 15.4. The number of piperazine rings is 1. The molecule has 0 spiro atoms. The molecule has 2 heterocycles. The molecule has 8 nitrogen and oxygen atoms in total. The predicted octanol–water partition coefficient (Wildman–Crippen LogP) is 0.00590. The van der Waals surface area contributed by atoms with Crippen LogP contribution in [0.2, 0.25) is 0 Å². The first-order chi connectivity index (χ1) is 9.98. The lowest BCUT2D eigenvalue weighted by atomic mass is 9.85. The van der Waals surface area contributed by atoms with E-state index in [0.717, 1.165) is 0 Å². The fourth-order valence-electron chi connectivity index (χ4n) is 2.86. The molecule has 0 aromatic carbocycles. The Morgan fingerprint density at radius 3 is 2.38 bits per heavy atom. The summed E-state index contributed by atoms with van der Waals surface area (Å²) >= 11 is 0. The molecule has 8 heteroatoms. The van der Waals surface area contributed by atoms with Gasteiger partial charge in [-0.15, -0.1) is 10.2 Å². The molecule has 2 rings (SSSR count). The summed E-state index contributed by atoms with van der Waals surface area (Å²) in [7, 11) is 1.67. The van der Waals surface area contributed by atoms with Crippen molar-refractivity contribution in [3.8, 4) is 0 Å². The van der Waals surface area contributed by atoms with E-state index in [1.807, 2.05) is 20.8 Å². The molecule has 1 aromatic rings. The summed E-state index contributed by atoms with van der Waals surface area (Å²) in [6.45, 7) is 5.92. The first-order valence-corrected chi connectivity index (χ1v) is 7.33. The van der Waals surface area contributed by atoms with Gasteiger partial charge >= 0.3 is 0 Å². The van der Waals surface area contributed by atoms with Crippen molar-refractivity contribution in [1.82, 2.24) is 30.4 Å². The predicted molar refractivity (Wildman–Crippen MR) is 74.9 cm³/mol. The summed E-state index contributed by atoms with van der Waals surface area (Å²) in [6, 6.07) is -0.472. The highest BCUT2D eigenvalue weighted by atomic mass is 16.2. The highest BCUT2D eigenvalue weighted by Gasteiger charge is 2.50. The summed E-state index contributed by atoms with van der Waals surface area (Å²) in [4.78, 5) is 28.2. The molecule has 0 bridgehead atoms. The summed E-state index contributed by atoms with van der Waals surface area (Å²) in [5.74, 6) is 0.276. The zero-order valence-electron chi connectivity index (χ0n) is 13.0. The summed E-state index contributed by atoms with van der Waals surface area (Å²) < 4.78 is 0. The third kappa shape index (κ3) is 2.50. The van der Waals surface area contributed by atoms with Gasteiger partial charge in [-0.1, -0.05) is 20.8 Å². The van der Waals surface area contributed by atoms with E-state index in [-0.39, 0.29) is 18.4 Å². The largest absolute Gasteiger partial charge is 0.342 e. The molecule has 1 aliphatic rings. The molecule has 21 heavy (non-hydrogen) atoms. The van der Waals surface area contributed by atoms with Crippen molar-refractivity contribution in [1.29, 1.82) is 0 Å². The second kappa shape index (κ2) is 5.79. The van der Waals surface area contributed by atoms with Gasteiger partial charge in [0.1, 0.15) is 11.6 Å².